The molecule has 2 nitrogen and oxygen atoms in total. The van der Waals surface area contributed by atoms with E-state index in [9.17, 15) is 0 Å². The normalized spacial score (nSPS) is 24.2. The fourth-order valence-corrected chi connectivity index (χ4v) is 2.95. The fourth-order valence-electron chi connectivity index (χ4n) is 1.15. The SMILES string of the molecule is Cc1csc(C2CSCCO2)n1. The molecule has 4 heteroatoms. The van der Waals surface area contributed by atoms with E-state index in [0.29, 0.717) is 0 Å². The van der Waals surface area contributed by atoms with Crippen molar-refractivity contribution < 1.29 is 4.74 Å². The van der Waals surface area contributed by atoms with E-state index < -0.39 is 0 Å². The maximum atomic E-state index is 5.60. The van der Waals surface area contributed by atoms with Gasteiger partial charge in [0.1, 0.15) is 11.1 Å². The molecule has 12 heavy (non-hydrogen) atoms. The van der Waals surface area contributed by atoms with Gasteiger partial charge in [-0.1, -0.05) is 0 Å². The number of nitrogens with zero attached hydrogens (tertiary/aromatic N) is 1. The number of ether oxygens (including phenoxy) is 1. The summed E-state index contributed by atoms with van der Waals surface area (Å²) >= 11 is 3.66. The molecular formula is C8H11NOS2. The molecule has 0 bridgehead atoms. The summed E-state index contributed by atoms with van der Waals surface area (Å²) in [5.74, 6) is 2.19. The number of hydrogen-bond acceptors (Lipinski definition) is 4. The second kappa shape index (κ2) is 3.77. The van der Waals surface area contributed by atoms with Gasteiger partial charge in [-0.25, -0.2) is 4.98 Å². The predicted octanol–water partition coefficient (Wildman–Crippen LogP) is 2.26. The van der Waals surface area contributed by atoms with Crippen molar-refractivity contribution >= 4 is 23.1 Å². The quantitative estimate of drug-likeness (QED) is 0.696. The first kappa shape index (κ1) is 8.53. The van der Waals surface area contributed by atoms with Crippen LogP contribution in [0.15, 0.2) is 5.38 Å². The molecule has 1 aromatic rings. The Morgan fingerprint density at radius 1 is 1.67 bits per heavy atom. The fraction of sp³-hybridized carbons (Fsp3) is 0.625. The Kier molecular flexibility index (Phi) is 2.68. The Morgan fingerprint density at radius 3 is 3.17 bits per heavy atom. The first-order chi connectivity index (χ1) is 5.86. The second-order valence-corrected chi connectivity index (χ2v) is 4.80. The third-order valence-electron chi connectivity index (χ3n) is 1.73. The molecule has 0 aliphatic carbocycles. The number of hydrogen-bond donors (Lipinski definition) is 0. The summed E-state index contributed by atoms with van der Waals surface area (Å²) in [7, 11) is 0. The Hall–Kier alpha value is -0.0600. The first-order valence-electron chi connectivity index (χ1n) is 3.97. The summed E-state index contributed by atoms with van der Waals surface area (Å²) in [6, 6.07) is 0. The molecule has 2 heterocycles. The molecule has 0 N–H and O–H groups in total. The van der Waals surface area contributed by atoms with E-state index in [1.54, 1.807) is 11.3 Å². The van der Waals surface area contributed by atoms with Gasteiger partial charge in [0.2, 0.25) is 0 Å². The molecule has 1 aromatic heterocycles. The topological polar surface area (TPSA) is 22.1 Å². The van der Waals surface area contributed by atoms with E-state index in [2.05, 4.69) is 10.4 Å². The van der Waals surface area contributed by atoms with Crippen LogP contribution >= 0.6 is 23.1 Å². The van der Waals surface area contributed by atoms with E-state index in [4.69, 9.17) is 4.74 Å². The van der Waals surface area contributed by atoms with Crippen molar-refractivity contribution in [3.63, 3.8) is 0 Å². The zero-order valence-corrected chi connectivity index (χ0v) is 8.58. The minimum absolute atomic E-state index is 0.252. The summed E-state index contributed by atoms with van der Waals surface area (Å²) in [5.41, 5.74) is 1.11. The molecule has 1 saturated heterocycles. The molecule has 2 rings (SSSR count). The van der Waals surface area contributed by atoms with Gasteiger partial charge in [-0.05, 0) is 6.92 Å². The molecule has 1 aliphatic rings. The lowest BCUT2D eigenvalue weighted by Gasteiger charge is -2.19. The van der Waals surface area contributed by atoms with Gasteiger partial charge in [0, 0.05) is 22.6 Å². The van der Waals surface area contributed by atoms with Crippen LogP contribution in [-0.4, -0.2) is 23.1 Å². The van der Waals surface area contributed by atoms with Crippen LogP contribution in [0.4, 0.5) is 0 Å². The van der Waals surface area contributed by atoms with Crippen LogP contribution in [0.5, 0.6) is 0 Å². The van der Waals surface area contributed by atoms with Crippen LogP contribution in [0.2, 0.25) is 0 Å². The Bertz CT molecular complexity index is 255. The number of aromatic nitrogens is 1. The van der Waals surface area contributed by atoms with E-state index in [1.807, 2.05) is 18.7 Å². The van der Waals surface area contributed by atoms with Crippen molar-refractivity contribution in [1.82, 2.24) is 4.98 Å². The van der Waals surface area contributed by atoms with Crippen molar-refractivity contribution in [2.45, 2.75) is 13.0 Å². The number of thiazole rings is 1. The Morgan fingerprint density at radius 2 is 2.58 bits per heavy atom. The highest BCUT2D eigenvalue weighted by Gasteiger charge is 2.18. The van der Waals surface area contributed by atoms with E-state index >= 15 is 0 Å². The minimum atomic E-state index is 0.252. The molecular weight excluding hydrogens is 190 g/mol. The zero-order chi connectivity index (χ0) is 8.39. The van der Waals surface area contributed by atoms with Crippen LogP contribution in [0.3, 0.4) is 0 Å². The van der Waals surface area contributed by atoms with E-state index in [1.165, 1.54) is 0 Å². The highest BCUT2D eigenvalue weighted by molar-refractivity contribution is 7.99. The van der Waals surface area contributed by atoms with Crippen molar-refractivity contribution in [2.24, 2.45) is 0 Å². The molecule has 1 atom stereocenters. The van der Waals surface area contributed by atoms with Crippen LogP contribution in [-0.2, 0) is 4.74 Å². The van der Waals surface area contributed by atoms with Crippen molar-refractivity contribution in [1.29, 1.82) is 0 Å². The van der Waals surface area contributed by atoms with Gasteiger partial charge < -0.3 is 4.74 Å². The van der Waals surface area contributed by atoms with Crippen LogP contribution in [0, 0.1) is 6.92 Å². The summed E-state index contributed by atoms with van der Waals surface area (Å²) in [5, 5.41) is 3.22. The number of rotatable bonds is 1. The molecule has 66 valence electrons. The standard InChI is InChI=1S/C8H11NOS2/c1-6-4-12-8(9-6)7-5-11-3-2-10-7/h4,7H,2-3,5H2,1H3. The predicted molar refractivity (Wildman–Crippen MR) is 52.9 cm³/mol. The Labute approximate surface area is 80.3 Å². The summed E-state index contributed by atoms with van der Waals surface area (Å²) in [6.45, 7) is 2.89. The summed E-state index contributed by atoms with van der Waals surface area (Å²) in [6.07, 6.45) is 0.252. The van der Waals surface area contributed by atoms with Crippen molar-refractivity contribution in [2.75, 3.05) is 18.1 Å². The van der Waals surface area contributed by atoms with Gasteiger partial charge in [0.15, 0.2) is 0 Å². The van der Waals surface area contributed by atoms with Crippen molar-refractivity contribution in [3.8, 4) is 0 Å². The molecule has 1 fully saturated rings. The van der Waals surface area contributed by atoms with Crippen LogP contribution in [0.25, 0.3) is 0 Å². The second-order valence-electron chi connectivity index (χ2n) is 2.76. The lowest BCUT2D eigenvalue weighted by atomic mass is 10.4. The average molecular weight is 201 g/mol. The van der Waals surface area contributed by atoms with Crippen LogP contribution in [0.1, 0.15) is 16.8 Å². The largest absolute Gasteiger partial charge is 0.369 e. The molecule has 1 aliphatic heterocycles. The lowest BCUT2D eigenvalue weighted by Crippen LogP contribution is -2.15. The van der Waals surface area contributed by atoms with Crippen molar-refractivity contribution in [3.05, 3.63) is 16.1 Å². The summed E-state index contributed by atoms with van der Waals surface area (Å²) < 4.78 is 5.60. The highest BCUT2D eigenvalue weighted by Crippen LogP contribution is 2.28. The monoisotopic (exact) mass is 201 g/mol. The maximum absolute atomic E-state index is 5.60. The molecule has 0 saturated carbocycles. The average Bonchev–Trinajstić information content (AvgIpc) is 2.54. The van der Waals surface area contributed by atoms with E-state index in [-0.39, 0.29) is 6.10 Å². The van der Waals surface area contributed by atoms with E-state index in [0.717, 1.165) is 28.8 Å². The molecule has 0 amide bonds. The number of aryl methyl sites for hydroxylation is 1. The minimum Gasteiger partial charge on any atom is -0.369 e. The van der Waals surface area contributed by atoms with Crippen LogP contribution < -0.4 is 0 Å². The maximum Gasteiger partial charge on any atom is 0.123 e. The van der Waals surface area contributed by atoms with Gasteiger partial charge in [-0.15, -0.1) is 11.3 Å². The number of thioether (sulfide) groups is 1. The third-order valence-corrected chi connectivity index (χ3v) is 3.78. The molecule has 1 unspecified atom stereocenters. The van der Waals surface area contributed by atoms with Gasteiger partial charge >= 0.3 is 0 Å². The van der Waals surface area contributed by atoms with Gasteiger partial charge in [-0.3, -0.25) is 0 Å². The molecule has 0 spiro atoms. The first-order valence-corrected chi connectivity index (χ1v) is 6.01. The van der Waals surface area contributed by atoms with Gasteiger partial charge in [0.25, 0.3) is 0 Å². The highest BCUT2D eigenvalue weighted by atomic mass is 32.2. The van der Waals surface area contributed by atoms with Gasteiger partial charge in [0.05, 0.1) is 6.61 Å². The Balaban J connectivity index is 2.08. The molecule has 0 aromatic carbocycles. The van der Waals surface area contributed by atoms with Gasteiger partial charge in [-0.2, -0.15) is 11.8 Å². The molecule has 0 radical (unpaired) electrons. The smallest absolute Gasteiger partial charge is 0.123 e. The summed E-state index contributed by atoms with van der Waals surface area (Å²) in [4.78, 5) is 4.41. The third kappa shape index (κ3) is 1.81. The lowest BCUT2D eigenvalue weighted by molar-refractivity contribution is 0.0754. The zero-order valence-electron chi connectivity index (χ0n) is 6.95.